The molecule has 4 nitrogen and oxygen atoms in total. The first kappa shape index (κ1) is 19.3. The summed E-state index contributed by atoms with van der Waals surface area (Å²) in [6.45, 7) is -0.300. The Bertz CT molecular complexity index is 796. The van der Waals surface area contributed by atoms with Gasteiger partial charge in [0, 0.05) is 6.54 Å². The fourth-order valence-corrected chi connectivity index (χ4v) is 2.30. The zero-order valence-electron chi connectivity index (χ0n) is 14.1. The summed E-state index contributed by atoms with van der Waals surface area (Å²) >= 11 is 0. The molecule has 2 aromatic rings. The van der Waals surface area contributed by atoms with Gasteiger partial charge < -0.3 is 9.64 Å². The number of alkyl halides is 3. The summed E-state index contributed by atoms with van der Waals surface area (Å²) < 4.78 is 43.9. The highest BCUT2D eigenvalue weighted by Crippen LogP contribution is 2.20. The van der Waals surface area contributed by atoms with Crippen molar-refractivity contribution in [3.8, 4) is 11.8 Å². The monoisotopic (exact) mass is 362 g/mol. The Morgan fingerprint density at radius 1 is 1.15 bits per heavy atom. The number of ether oxygens (including phenoxy) is 1. The number of benzene rings is 2. The molecule has 0 heterocycles. The average Bonchev–Trinajstić information content (AvgIpc) is 2.59. The molecule has 0 N–H and O–H groups in total. The van der Waals surface area contributed by atoms with Crippen molar-refractivity contribution < 1.29 is 22.7 Å². The molecule has 0 aliphatic carbocycles. The van der Waals surface area contributed by atoms with Crippen molar-refractivity contribution in [3.63, 3.8) is 0 Å². The highest BCUT2D eigenvalue weighted by molar-refractivity contribution is 5.78. The van der Waals surface area contributed by atoms with E-state index in [1.165, 1.54) is 24.3 Å². The van der Waals surface area contributed by atoms with E-state index in [4.69, 9.17) is 10.00 Å². The van der Waals surface area contributed by atoms with Crippen molar-refractivity contribution >= 4 is 5.91 Å². The van der Waals surface area contributed by atoms with E-state index in [0.29, 0.717) is 21.8 Å². The molecule has 1 amide bonds. The lowest BCUT2D eigenvalue weighted by Crippen LogP contribution is -2.41. The molecule has 0 fully saturated rings. The molecule has 26 heavy (non-hydrogen) atoms. The van der Waals surface area contributed by atoms with E-state index < -0.39 is 25.2 Å². The number of hydrogen-bond acceptors (Lipinski definition) is 3. The van der Waals surface area contributed by atoms with Crippen LogP contribution in [-0.4, -0.2) is 30.1 Å². The van der Waals surface area contributed by atoms with E-state index in [-0.39, 0.29) is 6.54 Å². The SMILES string of the molecule is Cc1ccccc1OCC(=O)N(Cc1ccc(C#N)cc1)CC(F)(F)F. The van der Waals surface area contributed by atoms with Crippen molar-refractivity contribution in [1.82, 2.24) is 4.90 Å². The van der Waals surface area contributed by atoms with Crippen molar-refractivity contribution in [2.24, 2.45) is 0 Å². The van der Waals surface area contributed by atoms with Crippen molar-refractivity contribution in [2.45, 2.75) is 19.6 Å². The average molecular weight is 362 g/mol. The number of halogens is 3. The standard InChI is InChI=1S/C19H17F3N2O2/c1-14-4-2-3-5-17(14)26-12-18(25)24(13-19(20,21)22)11-16-8-6-15(10-23)7-9-16/h2-9H,11-13H2,1H3. The van der Waals surface area contributed by atoms with Gasteiger partial charge in [-0.25, -0.2) is 0 Å². The number of nitrogens with zero attached hydrogens (tertiary/aromatic N) is 2. The van der Waals surface area contributed by atoms with Crippen molar-refractivity contribution in [1.29, 1.82) is 5.26 Å². The minimum Gasteiger partial charge on any atom is -0.484 e. The summed E-state index contributed by atoms with van der Waals surface area (Å²) in [7, 11) is 0. The van der Waals surface area contributed by atoms with E-state index in [9.17, 15) is 18.0 Å². The molecule has 0 atom stereocenters. The van der Waals surface area contributed by atoms with Crippen molar-refractivity contribution in [2.75, 3.05) is 13.2 Å². The number of rotatable bonds is 6. The summed E-state index contributed by atoms with van der Waals surface area (Å²) in [5, 5.41) is 8.77. The normalized spacial score (nSPS) is 10.9. The number of hydrogen-bond donors (Lipinski definition) is 0. The summed E-state index contributed by atoms with van der Waals surface area (Å²) in [5.74, 6) is -0.318. The molecule has 0 unspecified atom stereocenters. The Morgan fingerprint density at radius 3 is 2.38 bits per heavy atom. The minimum absolute atomic E-state index is 0.221. The molecule has 0 spiro atoms. The predicted molar refractivity (Wildman–Crippen MR) is 89.3 cm³/mol. The van der Waals surface area contributed by atoms with E-state index in [2.05, 4.69) is 0 Å². The first-order valence-electron chi connectivity index (χ1n) is 7.80. The van der Waals surface area contributed by atoms with Crippen LogP contribution in [0.1, 0.15) is 16.7 Å². The minimum atomic E-state index is -4.52. The molecule has 7 heteroatoms. The Morgan fingerprint density at radius 2 is 1.81 bits per heavy atom. The molecule has 2 aromatic carbocycles. The van der Waals surface area contributed by atoms with Crippen LogP contribution < -0.4 is 4.74 Å². The van der Waals surface area contributed by atoms with Gasteiger partial charge in [0.15, 0.2) is 6.61 Å². The van der Waals surface area contributed by atoms with Gasteiger partial charge in [-0.05, 0) is 36.2 Å². The molecule has 0 saturated heterocycles. The number of nitriles is 1. The number of carbonyl (C=O) groups excluding carboxylic acids is 1. The van der Waals surface area contributed by atoms with Gasteiger partial charge in [-0.1, -0.05) is 30.3 Å². The van der Waals surface area contributed by atoms with Crippen LogP contribution in [0.3, 0.4) is 0 Å². The summed E-state index contributed by atoms with van der Waals surface area (Å²) in [4.78, 5) is 13.0. The maximum Gasteiger partial charge on any atom is 0.406 e. The molecule has 0 aliphatic heterocycles. The van der Waals surface area contributed by atoms with E-state index in [0.717, 1.165) is 5.56 Å². The van der Waals surface area contributed by atoms with Crippen LogP contribution in [-0.2, 0) is 11.3 Å². The number of aryl methyl sites for hydroxylation is 1. The van der Waals surface area contributed by atoms with Gasteiger partial charge in [0.1, 0.15) is 12.3 Å². The fourth-order valence-electron chi connectivity index (χ4n) is 2.30. The van der Waals surface area contributed by atoms with Crippen LogP contribution in [0.4, 0.5) is 13.2 Å². The largest absolute Gasteiger partial charge is 0.484 e. The first-order valence-corrected chi connectivity index (χ1v) is 7.80. The van der Waals surface area contributed by atoms with E-state index in [1.807, 2.05) is 6.07 Å². The topological polar surface area (TPSA) is 53.3 Å². The molecule has 0 aliphatic rings. The first-order chi connectivity index (χ1) is 12.3. The quantitative estimate of drug-likeness (QED) is 0.785. The van der Waals surface area contributed by atoms with Crippen LogP contribution >= 0.6 is 0 Å². The second-order valence-corrected chi connectivity index (χ2v) is 5.73. The number of para-hydroxylation sites is 1. The van der Waals surface area contributed by atoms with Gasteiger partial charge in [-0.3, -0.25) is 4.79 Å². The van der Waals surface area contributed by atoms with E-state index >= 15 is 0 Å². The molecule has 0 bridgehead atoms. The highest BCUT2D eigenvalue weighted by Gasteiger charge is 2.33. The molecular formula is C19H17F3N2O2. The van der Waals surface area contributed by atoms with Crippen LogP contribution in [0.25, 0.3) is 0 Å². The number of carbonyl (C=O) groups is 1. The van der Waals surface area contributed by atoms with Crippen LogP contribution in [0.2, 0.25) is 0 Å². The maximum atomic E-state index is 12.8. The Kier molecular flexibility index (Phi) is 6.23. The second-order valence-electron chi connectivity index (χ2n) is 5.73. The number of amides is 1. The van der Waals surface area contributed by atoms with Crippen molar-refractivity contribution in [3.05, 3.63) is 65.2 Å². The summed E-state index contributed by atoms with van der Waals surface area (Å²) in [5.41, 5.74) is 1.68. The Balaban J connectivity index is 2.08. The zero-order chi connectivity index (χ0) is 19.2. The third kappa shape index (κ3) is 5.81. The zero-order valence-corrected chi connectivity index (χ0v) is 14.1. The van der Waals surface area contributed by atoms with Gasteiger partial charge in [-0.15, -0.1) is 0 Å². The Hall–Kier alpha value is -3.01. The molecule has 0 radical (unpaired) electrons. The van der Waals surface area contributed by atoms with Gasteiger partial charge in [0.25, 0.3) is 5.91 Å². The third-order valence-electron chi connectivity index (χ3n) is 3.62. The van der Waals surface area contributed by atoms with Gasteiger partial charge in [0.2, 0.25) is 0 Å². The molecule has 2 rings (SSSR count). The van der Waals surface area contributed by atoms with Gasteiger partial charge in [0.05, 0.1) is 11.6 Å². The summed E-state index contributed by atoms with van der Waals surface area (Å²) in [6.07, 6.45) is -4.52. The molecule has 0 saturated carbocycles. The second kappa shape index (κ2) is 8.39. The van der Waals surface area contributed by atoms with Gasteiger partial charge >= 0.3 is 6.18 Å². The lowest BCUT2D eigenvalue weighted by molar-refractivity contribution is -0.163. The lowest BCUT2D eigenvalue weighted by atomic mass is 10.1. The fraction of sp³-hybridized carbons (Fsp3) is 0.263. The van der Waals surface area contributed by atoms with Crippen LogP contribution in [0, 0.1) is 18.3 Å². The molecule has 0 aromatic heterocycles. The van der Waals surface area contributed by atoms with Gasteiger partial charge in [-0.2, -0.15) is 18.4 Å². The predicted octanol–water partition coefficient (Wildman–Crippen LogP) is 3.84. The highest BCUT2D eigenvalue weighted by atomic mass is 19.4. The lowest BCUT2D eigenvalue weighted by Gasteiger charge is -2.24. The smallest absolute Gasteiger partial charge is 0.406 e. The Labute approximate surface area is 149 Å². The van der Waals surface area contributed by atoms with E-state index in [1.54, 1.807) is 31.2 Å². The third-order valence-corrected chi connectivity index (χ3v) is 3.62. The summed E-state index contributed by atoms with van der Waals surface area (Å²) in [6, 6.07) is 14.9. The molecule has 136 valence electrons. The van der Waals surface area contributed by atoms with Crippen LogP contribution in [0.5, 0.6) is 5.75 Å². The maximum absolute atomic E-state index is 12.8. The molecular weight excluding hydrogens is 345 g/mol. The van der Waals surface area contributed by atoms with Crippen LogP contribution in [0.15, 0.2) is 48.5 Å².